The molecular formula is C13H19ClN2O3. The number of likely N-dealkylation sites (tertiary alicyclic amines) is 1. The number of halogens is 1. The fourth-order valence-corrected chi connectivity index (χ4v) is 1.98. The number of hydrogen-bond donors (Lipinski definition) is 1. The molecule has 1 saturated heterocycles. The van der Waals surface area contributed by atoms with Crippen LogP contribution in [0.5, 0.6) is 11.5 Å². The van der Waals surface area contributed by atoms with Gasteiger partial charge in [-0.25, -0.2) is 0 Å². The first kappa shape index (κ1) is 15.6. The zero-order chi connectivity index (χ0) is 13.0. The zero-order valence-corrected chi connectivity index (χ0v) is 11.7. The van der Waals surface area contributed by atoms with Crippen molar-refractivity contribution in [1.29, 1.82) is 0 Å². The Hall–Kier alpha value is -1.46. The third-order valence-corrected chi connectivity index (χ3v) is 3.00. The van der Waals surface area contributed by atoms with Gasteiger partial charge >= 0.3 is 0 Å². The van der Waals surface area contributed by atoms with Gasteiger partial charge < -0.3 is 20.1 Å². The van der Waals surface area contributed by atoms with Crippen molar-refractivity contribution < 1.29 is 14.3 Å². The monoisotopic (exact) mass is 286 g/mol. The number of methoxy groups -OCH3 is 1. The highest BCUT2D eigenvalue weighted by molar-refractivity contribution is 5.85. The quantitative estimate of drug-likeness (QED) is 0.899. The second kappa shape index (κ2) is 7.21. The fourth-order valence-electron chi connectivity index (χ4n) is 1.98. The van der Waals surface area contributed by atoms with Crippen molar-refractivity contribution in [3.05, 3.63) is 24.3 Å². The Kier molecular flexibility index (Phi) is 5.92. The van der Waals surface area contributed by atoms with Crippen LogP contribution in [0.3, 0.4) is 0 Å². The van der Waals surface area contributed by atoms with Crippen LogP contribution < -0.4 is 15.2 Å². The molecule has 0 aromatic heterocycles. The summed E-state index contributed by atoms with van der Waals surface area (Å²) in [6.07, 6.45) is 0.862. The predicted octanol–water partition coefficient (Wildman–Crippen LogP) is 1.06. The first-order valence-electron chi connectivity index (χ1n) is 6.00. The largest absolute Gasteiger partial charge is 0.493 e. The summed E-state index contributed by atoms with van der Waals surface area (Å²) in [6, 6.07) is 7.37. The molecule has 1 aromatic rings. The maximum Gasteiger partial charge on any atom is 0.260 e. The lowest BCUT2D eigenvalue weighted by Crippen LogP contribution is -2.35. The van der Waals surface area contributed by atoms with Gasteiger partial charge in [0.15, 0.2) is 18.1 Å². The van der Waals surface area contributed by atoms with E-state index in [-0.39, 0.29) is 31.0 Å². The van der Waals surface area contributed by atoms with Gasteiger partial charge in [-0.2, -0.15) is 0 Å². The molecule has 2 N–H and O–H groups in total. The van der Waals surface area contributed by atoms with Crippen LogP contribution in [0.15, 0.2) is 24.3 Å². The molecular weight excluding hydrogens is 268 g/mol. The van der Waals surface area contributed by atoms with Gasteiger partial charge in [0.1, 0.15) is 0 Å². The second-order valence-corrected chi connectivity index (χ2v) is 4.33. The van der Waals surface area contributed by atoms with Gasteiger partial charge in [0.25, 0.3) is 5.91 Å². The molecule has 1 amide bonds. The van der Waals surface area contributed by atoms with Crippen molar-refractivity contribution in [2.75, 3.05) is 26.8 Å². The zero-order valence-electron chi connectivity index (χ0n) is 10.9. The maximum atomic E-state index is 11.9. The lowest BCUT2D eigenvalue weighted by molar-refractivity contribution is -0.132. The number of hydrogen-bond acceptors (Lipinski definition) is 4. The summed E-state index contributed by atoms with van der Waals surface area (Å²) in [5.41, 5.74) is 5.76. The van der Waals surface area contributed by atoms with Crippen LogP contribution in [0.2, 0.25) is 0 Å². The topological polar surface area (TPSA) is 64.8 Å². The highest BCUT2D eigenvalue weighted by Crippen LogP contribution is 2.25. The molecule has 1 aliphatic rings. The van der Waals surface area contributed by atoms with Crippen LogP contribution in [0.1, 0.15) is 6.42 Å². The normalized spacial score (nSPS) is 17.8. The highest BCUT2D eigenvalue weighted by atomic mass is 35.5. The third kappa shape index (κ3) is 4.01. The van der Waals surface area contributed by atoms with Crippen molar-refractivity contribution in [2.45, 2.75) is 12.5 Å². The van der Waals surface area contributed by atoms with Crippen LogP contribution >= 0.6 is 12.4 Å². The van der Waals surface area contributed by atoms with Crippen molar-refractivity contribution in [1.82, 2.24) is 4.90 Å². The minimum Gasteiger partial charge on any atom is -0.493 e. The minimum atomic E-state index is -0.0335. The molecule has 6 heteroatoms. The van der Waals surface area contributed by atoms with Gasteiger partial charge in [0.2, 0.25) is 0 Å². The van der Waals surface area contributed by atoms with Crippen molar-refractivity contribution in [3.8, 4) is 11.5 Å². The smallest absolute Gasteiger partial charge is 0.260 e. The summed E-state index contributed by atoms with van der Waals surface area (Å²) in [5, 5.41) is 0. The van der Waals surface area contributed by atoms with Crippen molar-refractivity contribution >= 4 is 18.3 Å². The predicted molar refractivity (Wildman–Crippen MR) is 74.9 cm³/mol. The number of nitrogens with zero attached hydrogens (tertiary/aromatic N) is 1. The van der Waals surface area contributed by atoms with Gasteiger partial charge in [0.05, 0.1) is 7.11 Å². The molecule has 106 valence electrons. The van der Waals surface area contributed by atoms with Crippen LogP contribution in [0.25, 0.3) is 0 Å². The maximum absolute atomic E-state index is 11.9. The standard InChI is InChI=1S/C13H18N2O3.ClH/c1-17-11-4-2-3-5-12(11)18-9-13(16)15-7-6-10(14)8-15;/h2-5,10H,6-9,14H2,1H3;1H/t10-;/m1./s1. The van der Waals surface area contributed by atoms with Gasteiger partial charge in [0, 0.05) is 19.1 Å². The molecule has 0 bridgehead atoms. The minimum absolute atomic E-state index is 0. The van der Waals surface area contributed by atoms with E-state index in [1.807, 2.05) is 12.1 Å². The summed E-state index contributed by atoms with van der Waals surface area (Å²) in [5.74, 6) is 1.18. The number of para-hydroxylation sites is 2. The van der Waals surface area contributed by atoms with Gasteiger partial charge in [-0.15, -0.1) is 12.4 Å². The Balaban J connectivity index is 0.00000180. The van der Waals surface area contributed by atoms with Crippen LogP contribution in [-0.2, 0) is 4.79 Å². The lowest BCUT2D eigenvalue weighted by Gasteiger charge is -2.16. The molecule has 2 rings (SSSR count). The van der Waals surface area contributed by atoms with Crippen molar-refractivity contribution in [2.24, 2.45) is 5.73 Å². The number of rotatable bonds is 4. The van der Waals surface area contributed by atoms with Crippen LogP contribution in [0, 0.1) is 0 Å². The molecule has 1 aromatic carbocycles. The van der Waals surface area contributed by atoms with Gasteiger partial charge in [-0.05, 0) is 18.6 Å². The third-order valence-electron chi connectivity index (χ3n) is 3.00. The number of carbonyl (C=O) groups excluding carboxylic acids is 1. The molecule has 0 radical (unpaired) electrons. The van der Waals surface area contributed by atoms with Gasteiger partial charge in [-0.3, -0.25) is 4.79 Å². The number of amides is 1. The highest BCUT2D eigenvalue weighted by Gasteiger charge is 2.23. The number of carbonyl (C=O) groups is 1. The summed E-state index contributed by atoms with van der Waals surface area (Å²) in [7, 11) is 1.57. The average Bonchev–Trinajstić information content (AvgIpc) is 2.83. The molecule has 0 spiro atoms. The molecule has 0 aliphatic carbocycles. The molecule has 0 saturated carbocycles. The van der Waals surface area contributed by atoms with E-state index in [0.717, 1.165) is 13.0 Å². The van der Waals surface area contributed by atoms with E-state index in [0.29, 0.717) is 18.0 Å². The van der Waals surface area contributed by atoms with E-state index in [1.165, 1.54) is 0 Å². The summed E-state index contributed by atoms with van der Waals surface area (Å²) in [4.78, 5) is 13.6. The Labute approximate surface area is 119 Å². The molecule has 19 heavy (non-hydrogen) atoms. The molecule has 1 aliphatic heterocycles. The number of benzene rings is 1. The first-order valence-corrected chi connectivity index (χ1v) is 6.00. The first-order chi connectivity index (χ1) is 8.70. The second-order valence-electron chi connectivity index (χ2n) is 4.33. The van der Waals surface area contributed by atoms with E-state index >= 15 is 0 Å². The molecule has 1 atom stereocenters. The Bertz CT molecular complexity index is 428. The number of nitrogens with two attached hydrogens (primary N) is 1. The molecule has 0 unspecified atom stereocenters. The molecule has 1 heterocycles. The van der Waals surface area contributed by atoms with E-state index in [2.05, 4.69) is 0 Å². The van der Waals surface area contributed by atoms with E-state index in [1.54, 1.807) is 24.1 Å². The summed E-state index contributed by atoms with van der Waals surface area (Å²) in [6.45, 7) is 1.36. The molecule has 5 nitrogen and oxygen atoms in total. The lowest BCUT2D eigenvalue weighted by atomic mass is 10.3. The Morgan fingerprint density at radius 1 is 1.42 bits per heavy atom. The van der Waals surface area contributed by atoms with Crippen LogP contribution in [-0.4, -0.2) is 43.7 Å². The number of ether oxygens (including phenoxy) is 2. The summed E-state index contributed by atoms with van der Waals surface area (Å²) >= 11 is 0. The Morgan fingerprint density at radius 2 is 2.11 bits per heavy atom. The van der Waals surface area contributed by atoms with Crippen molar-refractivity contribution in [3.63, 3.8) is 0 Å². The van der Waals surface area contributed by atoms with Crippen LogP contribution in [0.4, 0.5) is 0 Å². The average molecular weight is 287 g/mol. The molecule has 1 fully saturated rings. The fraction of sp³-hybridized carbons (Fsp3) is 0.462. The summed E-state index contributed by atoms with van der Waals surface area (Å²) < 4.78 is 10.6. The van der Waals surface area contributed by atoms with E-state index < -0.39 is 0 Å². The van der Waals surface area contributed by atoms with E-state index in [9.17, 15) is 4.79 Å². The Morgan fingerprint density at radius 3 is 2.68 bits per heavy atom. The van der Waals surface area contributed by atoms with E-state index in [4.69, 9.17) is 15.2 Å². The van der Waals surface area contributed by atoms with Gasteiger partial charge in [-0.1, -0.05) is 12.1 Å². The SMILES string of the molecule is COc1ccccc1OCC(=O)N1CC[C@@H](N)C1.Cl.